The maximum absolute atomic E-state index is 12.4. The van der Waals surface area contributed by atoms with E-state index in [0.717, 1.165) is 62.0 Å². The quantitative estimate of drug-likeness (QED) is 0.532. The lowest BCUT2D eigenvalue weighted by Gasteiger charge is -2.36. The van der Waals surface area contributed by atoms with Crippen LogP contribution in [0.1, 0.15) is 28.6 Å². The summed E-state index contributed by atoms with van der Waals surface area (Å²) >= 11 is 0. The molecule has 0 unspecified atom stereocenters. The third-order valence-electron chi connectivity index (χ3n) is 6.15. The largest absolute Gasteiger partial charge is 0.497 e. The number of amides is 1. The number of carbonyl (C=O) groups is 1. The van der Waals surface area contributed by atoms with Crippen LogP contribution in [0.2, 0.25) is 0 Å². The molecule has 1 atom stereocenters. The molecule has 2 aliphatic heterocycles. The lowest BCUT2D eigenvalue weighted by molar-refractivity contribution is 0.0993. The highest BCUT2D eigenvalue weighted by Crippen LogP contribution is 2.37. The number of rotatable bonds is 6. The number of nitrogens with two attached hydrogens (primary N) is 1. The average Bonchev–Trinajstić information content (AvgIpc) is 3.26. The van der Waals surface area contributed by atoms with Crippen LogP contribution in [-0.2, 0) is 0 Å². The second-order valence-corrected chi connectivity index (χ2v) is 8.17. The molecule has 2 aromatic carbocycles. The van der Waals surface area contributed by atoms with Gasteiger partial charge in [0.25, 0.3) is 5.91 Å². The van der Waals surface area contributed by atoms with Gasteiger partial charge in [0.15, 0.2) is 5.69 Å². The van der Waals surface area contributed by atoms with Crippen molar-refractivity contribution in [2.45, 2.75) is 12.5 Å². The fraction of sp³-hybridized carbons (Fsp3) is 0.333. The van der Waals surface area contributed by atoms with Crippen LogP contribution in [0.3, 0.4) is 0 Å². The molecular weight excluding hydrogens is 420 g/mol. The Morgan fingerprint density at radius 3 is 2.27 bits per heavy atom. The van der Waals surface area contributed by atoms with E-state index in [1.54, 1.807) is 11.8 Å². The van der Waals surface area contributed by atoms with Gasteiger partial charge in [-0.15, -0.1) is 0 Å². The maximum Gasteiger partial charge on any atom is 0.269 e. The number of benzene rings is 2. The summed E-state index contributed by atoms with van der Waals surface area (Å²) in [6.07, 6.45) is 0.941. The Balaban J connectivity index is 1.43. The van der Waals surface area contributed by atoms with E-state index in [0.29, 0.717) is 17.2 Å². The Bertz CT molecular complexity index is 1120. The van der Waals surface area contributed by atoms with Gasteiger partial charge in [-0.3, -0.25) is 9.69 Å². The summed E-state index contributed by atoms with van der Waals surface area (Å²) in [5.74, 6) is 1.65. The van der Waals surface area contributed by atoms with Crippen LogP contribution >= 0.6 is 0 Å². The third-order valence-corrected chi connectivity index (χ3v) is 6.15. The van der Waals surface area contributed by atoms with E-state index in [4.69, 9.17) is 20.3 Å². The average molecular weight is 449 g/mol. The molecule has 0 spiro atoms. The monoisotopic (exact) mass is 448 g/mol. The normalized spacial score (nSPS) is 18.3. The van der Waals surface area contributed by atoms with Crippen molar-refractivity contribution in [1.29, 1.82) is 0 Å². The van der Waals surface area contributed by atoms with Gasteiger partial charge < -0.3 is 25.8 Å². The highest BCUT2D eigenvalue weighted by atomic mass is 16.5. The summed E-state index contributed by atoms with van der Waals surface area (Å²) in [6.45, 7) is 4.61. The van der Waals surface area contributed by atoms with E-state index in [1.165, 1.54) is 0 Å². The molecule has 0 bridgehead atoms. The number of nitrogens with zero attached hydrogens (tertiary/aromatic N) is 3. The van der Waals surface area contributed by atoms with Gasteiger partial charge in [0.2, 0.25) is 0 Å². The summed E-state index contributed by atoms with van der Waals surface area (Å²) in [4.78, 5) is 14.9. The standard InChI is InChI=1S/C24H28N6O3/c1-32-17-6-8-19(9-7-17)33-18-4-2-16(3-5-18)30-23(24(25)31)22-21(28-30)20(10-11-27-22)29-14-12-26-13-15-29/h2-9,20,26-27H,10-15H2,1H3,(H2,25,31)/t20-/m1/s1. The van der Waals surface area contributed by atoms with Gasteiger partial charge in [-0.2, -0.15) is 5.10 Å². The minimum atomic E-state index is -0.504. The number of primary amides is 1. The van der Waals surface area contributed by atoms with Gasteiger partial charge in [-0.05, 0) is 55.0 Å². The van der Waals surface area contributed by atoms with Crippen molar-refractivity contribution in [3.63, 3.8) is 0 Å². The van der Waals surface area contributed by atoms with Crippen molar-refractivity contribution in [3.8, 4) is 22.9 Å². The molecule has 2 aliphatic rings. The van der Waals surface area contributed by atoms with E-state index in [-0.39, 0.29) is 6.04 Å². The van der Waals surface area contributed by atoms with Gasteiger partial charge >= 0.3 is 0 Å². The molecule has 3 aromatic rings. The van der Waals surface area contributed by atoms with Crippen LogP contribution < -0.4 is 25.8 Å². The Hall–Kier alpha value is -3.56. The minimum Gasteiger partial charge on any atom is -0.497 e. The van der Waals surface area contributed by atoms with Crippen LogP contribution in [0.15, 0.2) is 48.5 Å². The number of piperazine rings is 1. The second kappa shape index (κ2) is 9.13. The number of fused-ring (bicyclic) bond motifs is 1. The first kappa shape index (κ1) is 21.3. The van der Waals surface area contributed by atoms with Gasteiger partial charge in [-0.1, -0.05) is 0 Å². The van der Waals surface area contributed by atoms with E-state index < -0.39 is 5.91 Å². The highest BCUT2D eigenvalue weighted by Gasteiger charge is 2.34. The topological polar surface area (TPSA) is 107 Å². The molecule has 1 saturated heterocycles. The summed E-state index contributed by atoms with van der Waals surface area (Å²) in [5, 5.41) is 11.6. The molecule has 1 amide bonds. The maximum atomic E-state index is 12.4. The zero-order valence-electron chi connectivity index (χ0n) is 18.6. The summed E-state index contributed by atoms with van der Waals surface area (Å²) in [7, 11) is 1.63. The second-order valence-electron chi connectivity index (χ2n) is 8.17. The zero-order chi connectivity index (χ0) is 22.8. The van der Waals surface area contributed by atoms with Gasteiger partial charge in [0.05, 0.1) is 24.5 Å². The molecule has 3 heterocycles. The number of methoxy groups -OCH3 is 1. The Morgan fingerprint density at radius 2 is 1.64 bits per heavy atom. The SMILES string of the molecule is COc1ccc(Oc2ccc(-n3nc4c(c3C(N)=O)NCC[C@H]4N3CCNCC3)cc2)cc1. The van der Waals surface area contributed by atoms with Crippen molar-refractivity contribution in [2.75, 3.05) is 45.2 Å². The molecule has 0 aliphatic carbocycles. The molecule has 4 N–H and O–H groups in total. The highest BCUT2D eigenvalue weighted by molar-refractivity contribution is 5.98. The first-order chi connectivity index (χ1) is 16.1. The first-order valence-electron chi connectivity index (χ1n) is 11.2. The van der Waals surface area contributed by atoms with Crippen molar-refractivity contribution >= 4 is 11.6 Å². The van der Waals surface area contributed by atoms with Gasteiger partial charge in [0, 0.05) is 32.7 Å². The molecule has 9 heteroatoms. The van der Waals surface area contributed by atoms with Crippen molar-refractivity contribution in [2.24, 2.45) is 5.73 Å². The molecule has 172 valence electrons. The lowest BCUT2D eigenvalue weighted by Crippen LogP contribution is -2.46. The fourth-order valence-corrected chi connectivity index (χ4v) is 4.51. The minimum absolute atomic E-state index is 0.167. The smallest absolute Gasteiger partial charge is 0.269 e. The predicted molar refractivity (Wildman–Crippen MR) is 125 cm³/mol. The fourth-order valence-electron chi connectivity index (χ4n) is 4.51. The summed E-state index contributed by atoms with van der Waals surface area (Å²) in [5.41, 5.74) is 8.57. The number of anilines is 1. The molecule has 0 radical (unpaired) electrons. The zero-order valence-corrected chi connectivity index (χ0v) is 18.6. The van der Waals surface area contributed by atoms with Crippen LogP contribution in [0.4, 0.5) is 5.69 Å². The van der Waals surface area contributed by atoms with Crippen LogP contribution in [0.5, 0.6) is 17.2 Å². The molecule has 1 fully saturated rings. The Labute approximate surface area is 192 Å². The molecule has 9 nitrogen and oxygen atoms in total. The lowest BCUT2D eigenvalue weighted by atomic mass is 10.0. The molecule has 1 aromatic heterocycles. The number of ether oxygens (including phenoxy) is 2. The number of hydrogen-bond acceptors (Lipinski definition) is 7. The summed E-state index contributed by atoms with van der Waals surface area (Å²) in [6, 6.07) is 15.0. The van der Waals surface area contributed by atoms with E-state index in [1.807, 2.05) is 48.5 Å². The third kappa shape index (κ3) is 4.24. The Morgan fingerprint density at radius 1 is 1.00 bits per heavy atom. The van der Waals surface area contributed by atoms with Gasteiger partial charge in [0.1, 0.15) is 22.9 Å². The van der Waals surface area contributed by atoms with Crippen molar-refractivity contribution in [1.82, 2.24) is 20.0 Å². The van der Waals surface area contributed by atoms with Gasteiger partial charge in [-0.25, -0.2) is 4.68 Å². The predicted octanol–water partition coefficient (Wildman–Crippen LogP) is 2.53. The molecule has 33 heavy (non-hydrogen) atoms. The van der Waals surface area contributed by atoms with Crippen molar-refractivity contribution in [3.05, 3.63) is 59.9 Å². The first-order valence-corrected chi connectivity index (χ1v) is 11.2. The summed E-state index contributed by atoms with van der Waals surface area (Å²) < 4.78 is 12.8. The number of nitrogens with one attached hydrogen (secondary N) is 2. The van der Waals surface area contributed by atoms with E-state index in [2.05, 4.69) is 15.5 Å². The van der Waals surface area contributed by atoms with Crippen molar-refractivity contribution < 1.29 is 14.3 Å². The van der Waals surface area contributed by atoms with E-state index >= 15 is 0 Å². The van der Waals surface area contributed by atoms with Crippen LogP contribution in [-0.4, -0.2) is 60.4 Å². The number of aromatic nitrogens is 2. The number of carbonyl (C=O) groups excluding carboxylic acids is 1. The molecule has 0 saturated carbocycles. The Kier molecular flexibility index (Phi) is 5.89. The number of hydrogen-bond donors (Lipinski definition) is 3. The molecule has 5 rings (SSSR count). The van der Waals surface area contributed by atoms with E-state index in [9.17, 15) is 4.79 Å². The van der Waals surface area contributed by atoms with Crippen LogP contribution in [0.25, 0.3) is 5.69 Å². The van der Waals surface area contributed by atoms with Crippen LogP contribution in [0, 0.1) is 0 Å². The molecular formula is C24H28N6O3.